The summed E-state index contributed by atoms with van der Waals surface area (Å²) in [6, 6.07) is 8.15. The summed E-state index contributed by atoms with van der Waals surface area (Å²) in [5, 5.41) is 13.2. The zero-order valence-corrected chi connectivity index (χ0v) is 28.9. The summed E-state index contributed by atoms with van der Waals surface area (Å²) in [5.41, 5.74) is 3.36. The highest BCUT2D eigenvalue weighted by Gasteiger charge is 2.36. The van der Waals surface area contributed by atoms with Crippen LogP contribution in [0.4, 0.5) is 17.1 Å². The number of aromatic nitrogens is 2. The lowest BCUT2D eigenvalue weighted by molar-refractivity contribution is 0.102. The molecule has 0 aliphatic carbocycles. The molecule has 0 bridgehead atoms. The molecule has 0 saturated heterocycles. The maximum absolute atomic E-state index is 13.6. The van der Waals surface area contributed by atoms with Gasteiger partial charge in [0, 0.05) is 12.6 Å². The number of benzene rings is 2. The van der Waals surface area contributed by atoms with E-state index in [1.54, 1.807) is 63.2 Å². The largest absolute Gasteiger partial charge is 0.492 e. The third kappa shape index (κ3) is 6.98. The Morgan fingerprint density at radius 2 is 1.67 bits per heavy atom. The fourth-order valence-electron chi connectivity index (χ4n) is 4.77. The second-order valence-electron chi connectivity index (χ2n) is 13.1. The quantitative estimate of drug-likeness (QED) is 0.335. The van der Waals surface area contributed by atoms with E-state index >= 15 is 0 Å². The van der Waals surface area contributed by atoms with Gasteiger partial charge in [-0.25, -0.2) is 26.8 Å². The number of hydrogen-bond acceptors (Lipinski definition) is 10. The molecule has 1 aromatic heterocycles. The molecule has 244 valence electrons. The molecule has 15 heteroatoms. The molecule has 2 aromatic carbocycles. The fourth-order valence-corrected chi connectivity index (χ4v) is 6.53. The van der Waals surface area contributed by atoms with Crippen molar-refractivity contribution in [1.29, 1.82) is 0 Å². The van der Waals surface area contributed by atoms with E-state index in [9.17, 15) is 21.6 Å². The molecule has 1 amide bonds. The third-order valence-corrected chi connectivity index (χ3v) is 10.5. The summed E-state index contributed by atoms with van der Waals surface area (Å²) in [6.45, 7) is 13.0. The average Bonchev–Trinajstić information content (AvgIpc) is 3.53. The first-order valence-corrected chi connectivity index (χ1v) is 17.6. The van der Waals surface area contributed by atoms with Gasteiger partial charge in [0.05, 0.1) is 53.6 Å². The van der Waals surface area contributed by atoms with Gasteiger partial charge in [-0.1, -0.05) is 32.1 Å². The number of sulfonamides is 1. The summed E-state index contributed by atoms with van der Waals surface area (Å²) in [4.78, 5) is 17.8. The molecule has 4 rings (SSSR count). The Balaban J connectivity index is 1.62. The van der Waals surface area contributed by atoms with E-state index in [0.29, 0.717) is 29.2 Å². The van der Waals surface area contributed by atoms with Crippen LogP contribution in [0.2, 0.25) is 0 Å². The van der Waals surface area contributed by atoms with Gasteiger partial charge in [0.25, 0.3) is 5.91 Å². The van der Waals surface area contributed by atoms with Crippen LogP contribution in [0.25, 0.3) is 0 Å². The number of imidazole rings is 1. The highest BCUT2D eigenvalue weighted by molar-refractivity contribution is 7.92. The van der Waals surface area contributed by atoms with E-state index in [1.165, 1.54) is 17.9 Å². The molecule has 45 heavy (non-hydrogen) atoms. The monoisotopic (exact) mass is 659 g/mol. The predicted octanol–water partition coefficient (Wildman–Crippen LogP) is 5.16. The molecule has 1 atom stereocenters. The molecule has 0 fully saturated rings. The number of ether oxygens (including phenoxy) is 1. The first-order valence-electron chi connectivity index (χ1n) is 14.2. The number of aryl methyl sites for hydroxylation is 1. The highest BCUT2D eigenvalue weighted by Crippen LogP contribution is 2.40. The normalized spacial score (nSPS) is 15.8. The second kappa shape index (κ2) is 11.7. The SMILES string of the molecule is COc1c(NC(=O)c2ccc(C)c(N3CC(c4cnc(S(=O)(=O)C(C)(C)C)n4C)N=N3)c2)cc(C(C)(C)C)cc1NS(C)(=O)=O. The van der Waals surface area contributed by atoms with Crippen LogP contribution in [0.5, 0.6) is 5.75 Å². The van der Waals surface area contributed by atoms with Gasteiger partial charge >= 0.3 is 0 Å². The Morgan fingerprint density at radius 3 is 2.24 bits per heavy atom. The van der Waals surface area contributed by atoms with Crippen LogP contribution in [0, 0.1) is 6.92 Å². The van der Waals surface area contributed by atoms with E-state index in [-0.39, 0.29) is 22.0 Å². The molecule has 0 saturated carbocycles. The van der Waals surface area contributed by atoms with Gasteiger partial charge in [0.1, 0.15) is 6.04 Å². The lowest BCUT2D eigenvalue weighted by Crippen LogP contribution is -2.30. The standard InChI is InChI=1S/C30H41N7O6S2/c1-18-11-12-19(27(38)32-21-14-20(29(2,3)4)15-22(26(21)43-9)34-44(10,39)40)13-24(18)37-17-23(33-35-37)25-16-31-28(36(25)8)45(41,42)30(5,6)7/h11-16,23,34H,17H2,1-10H3,(H,32,38). The van der Waals surface area contributed by atoms with E-state index in [2.05, 4.69) is 25.4 Å². The molecule has 0 radical (unpaired) electrons. The van der Waals surface area contributed by atoms with Gasteiger partial charge < -0.3 is 14.6 Å². The van der Waals surface area contributed by atoms with Crippen LogP contribution in [0.3, 0.4) is 0 Å². The van der Waals surface area contributed by atoms with Gasteiger partial charge in [-0.3, -0.25) is 9.52 Å². The lowest BCUT2D eigenvalue weighted by atomic mass is 9.86. The summed E-state index contributed by atoms with van der Waals surface area (Å²) in [5.74, 6) is -0.267. The summed E-state index contributed by atoms with van der Waals surface area (Å²) in [6.07, 6.45) is 2.55. The Morgan fingerprint density at radius 1 is 1.02 bits per heavy atom. The molecule has 13 nitrogen and oxygen atoms in total. The first-order chi connectivity index (χ1) is 20.6. The van der Waals surface area contributed by atoms with E-state index in [1.807, 2.05) is 27.7 Å². The number of methoxy groups -OCH3 is 1. The second-order valence-corrected chi connectivity index (χ2v) is 17.5. The average molecular weight is 660 g/mol. The topological polar surface area (TPSA) is 164 Å². The van der Waals surface area contributed by atoms with E-state index in [0.717, 1.165) is 17.4 Å². The van der Waals surface area contributed by atoms with Gasteiger partial charge in [0.15, 0.2) is 5.75 Å². The van der Waals surface area contributed by atoms with Crippen molar-refractivity contribution in [3.05, 3.63) is 58.9 Å². The van der Waals surface area contributed by atoms with Crippen LogP contribution in [0.15, 0.2) is 52.0 Å². The molecule has 1 aliphatic rings. The van der Waals surface area contributed by atoms with Crippen molar-refractivity contribution in [1.82, 2.24) is 9.55 Å². The third-order valence-electron chi connectivity index (χ3n) is 7.47. The molecule has 1 aliphatic heterocycles. The zero-order chi connectivity index (χ0) is 33.7. The molecular formula is C30H41N7O6S2. The maximum atomic E-state index is 13.6. The van der Waals surface area contributed by atoms with Gasteiger partial charge in [-0.2, -0.15) is 5.11 Å². The van der Waals surface area contributed by atoms with Crippen molar-refractivity contribution in [2.45, 2.75) is 69.8 Å². The first kappa shape index (κ1) is 33.9. The minimum Gasteiger partial charge on any atom is -0.492 e. The molecule has 0 spiro atoms. The Hall–Kier alpha value is -3.98. The van der Waals surface area contributed by atoms with Gasteiger partial charge in [0.2, 0.25) is 25.0 Å². The number of rotatable bonds is 8. The van der Waals surface area contributed by atoms with Crippen molar-refractivity contribution in [3.8, 4) is 5.75 Å². The maximum Gasteiger partial charge on any atom is 0.255 e. The number of hydrogen-bond donors (Lipinski definition) is 2. The number of anilines is 3. The van der Waals surface area contributed by atoms with Crippen molar-refractivity contribution in [2.24, 2.45) is 17.4 Å². The minimum atomic E-state index is -3.68. The summed E-state index contributed by atoms with van der Waals surface area (Å²) < 4.78 is 58.8. The van der Waals surface area contributed by atoms with E-state index in [4.69, 9.17) is 4.74 Å². The number of nitrogens with one attached hydrogen (secondary N) is 2. The molecule has 2 N–H and O–H groups in total. The molecule has 2 heterocycles. The van der Waals surface area contributed by atoms with Gasteiger partial charge in [-0.15, -0.1) is 0 Å². The predicted molar refractivity (Wildman–Crippen MR) is 174 cm³/mol. The zero-order valence-electron chi connectivity index (χ0n) is 27.3. The van der Waals surface area contributed by atoms with Crippen molar-refractivity contribution < 1.29 is 26.4 Å². The van der Waals surface area contributed by atoms with Crippen LogP contribution in [-0.4, -0.2) is 57.0 Å². The number of sulfone groups is 1. The number of carbonyl (C=O) groups excluding carboxylic acids is 1. The Kier molecular flexibility index (Phi) is 8.85. The number of nitrogens with zero attached hydrogens (tertiary/aromatic N) is 5. The van der Waals surface area contributed by atoms with Crippen molar-refractivity contribution in [2.75, 3.05) is 35.0 Å². The van der Waals surface area contributed by atoms with Crippen LogP contribution < -0.4 is 19.8 Å². The van der Waals surface area contributed by atoms with Crippen LogP contribution in [0.1, 0.15) is 74.8 Å². The smallest absolute Gasteiger partial charge is 0.255 e. The van der Waals surface area contributed by atoms with Gasteiger partial charge in [-0.05, 0) is 68.5 Å². The van der Waals surface area contributed by atoms with Crippen LogP contribution in [-0.2, 0) is 32.3 Å². The number of carbonyl (C=O) groups is 1. The number of amides is 1. The fraction of sp³-hybridized carbons (Fsp3) is 0.467. The Bertz CT molecular complexity index is 1890. The van der Waals surface area contributed by atoms with Crippen molar-refractivity contribution >= 4 is 42.8 Å². The van der Waals surface area contributed by atoms with Crippen molar-refractivity contribution in [3.63, 3.8) is 0 Å². The van der Waals surface area contributed by atoms with E-state index < -0.39 is 36.6 Å². The molecule has 1 unspecified atom stereocenters. The Labute approximate surface area is 265 Å². The molecule has 3 aromatic rings. The minimum absolute atomic E-state index is 0.0330. The molecular weight excluding hydrogens is 619 g/mol. The van der Waals surface area contributed by atoms with Crippen LogP contribution >= 0.6 is 0 Å². The lowest BCUT2D eigenvalue weighted by Gasteiger charge is -2.24. The highest BCUT2D eigenvalue weighted by atomic mass is 32.2. The summed E-state index contributed by atoms with van der Waals surface area (Å²) in [7, 11) is -4.26. The summed E-state index contributed by atoms with van der Waals surface area (Å²) >= 11 is 0.